The number of aliphatic hydroxyl groups excluding tert-OH is 1. The molecule has 0 fully saturated rings. The Hall–Kier alpha value is -2.77. The van der Waals surface area contributed by atoms with Gasteiger partial charge in [0.25, 0.3) is 0 Å². The third-order valence-electron chi connectivity index (χ3n) is 3.27. The highest BCUT2D eigenvalue weighted by molar-refractivity contribution is 6.32. The average Bonchev–Trinajstić information content (AvgIpc) is 3.25. The monoisotopic (exact) mass is 346 g/mol. The number of para-hydroxylation sites is 1. The summed E-state index contributed by atoms with van der Waals surface area (Å²) in [4.78, 5) is 11.9. The number of nitrogens with one attached hydrogen (secondary N) is 2. The molecule has 7 nitrogen and oxygen atoms in total. The molecule has 0 spiro atoms. The smallest absolute Gasteiger partial charge is 0.319 e. The van der Waals surface area contributed by atoms with Crippen molar-refractivity contribution < 1.29 is 14.3 Å². The Morgan fingerprint density at radius 2 is 2.17 bits per heavy atom. The average molecular weight is 347 g/mol. The Kier molecular flexibility index (Phi) is 4.83. The SMILES string of the molecule is O=C(NCC(O)c1ccco1)Nc1cnn(-c2ccccc2Cl)c1. The molecule has 1 atom stereocenters. The molecule has 0 aliphatic carbocycles. The lowest BCUT2D eigenvalue weighted by atomic mass is 10.3. The Balaban J connectivity index is 1.57. The number of rotatable bonds is 5. The van der Waals surface area contributed by atoms with E-state index in [4.69, 9.17) is 16.0 Å². The molecular formula is C16H15ClN4O3. The maximum absolute atomic E-state index is 11.9. The van der Waals surface area contributed by atoms with Crippen LogP contribution in [0.4, 0.5) is 10.5 Å². The first-order chi connectivity index (χ1) is 11.6. The number of aliphatic hydroxyl groups is 1. The summed E-state index contributed by atoms with van der Waals surface area (Å²) in [7, 11) is 0. The number of carbonyl (C=O) groups excluding carboxylic acids is 1. The number of anilines is 1. The van der Waals surface area contributed by atoms with Crippen molar-refractivity contribution >= 4 is 23.3 Å². The maximum Gasteiger partial charge on any atom is 0.319 e. The molecule has 0 aliphatic heterocycles. The van der Waals surface area contributed by atoms with E-state index in [2.05, 4.69) is 15.7 Å². The summed E-state index contributed by atoms with van der Waals surface area (Å²) in [5, 5.41) is 19.7. The molecule has 3 N–H and O–H groups in total. The second kappa shape index (κ2) is 7.20. The number of hydrogen-bond acceptors (Lipinski definition) is 4. The fourth-order valence-electron chi connectivity index (χ4n) is 2.10. The fourth-order valence-corrected chi connectivity index (χ4v) is 2.33. The quantitative estimate of drug-likeness (QED) is 0.662. The van der Waals surface area contributed by atoms with Crippen molar-refractivity contribution in [1.29, 1.82) is 0 Å². The molecule has 0 aliphatic rings. The van der Waals surface area contributed by atoms with Crippen molar-refractivity contribution in [2.24, 2.45) is 0 Å². The van der Waals surface area contributed by atoms with Crippen molar-refractivity contribution in [2.75, 3.05) is 11.9 Å². The number of amides is 2. The first-order valence-electron chi connectivity index (χ1n) is 7.19. The molecule has 1 aromatic carbocycles. The van der Waals surface area contributed by atoms with Gasteiger partial charge < -0.3 is 20.2 Å². The van der Waals surface area contributed by atoms with Crippen LogP contribution >= 0.6 is 11.6 Å². The molecule has 2 aromatic heterocycles. The lowest BCUT2D eigenvalue weighted by Crippen LogP contribution is -2.32. The van der Waals surface area contributed by atoms with E-state index in [9.17, 15) is 9.90 Å². The minimum absolute atomic E-state index is 0.0258. The Labute approximate surface area is 142 Å². The third-order valence-corrected chi connectivity index (χ3v) is 3.59. The van der Waals surface area contributed by atoms with E-state index in [1.807, 2.05) is 18.2 Å². The summed E-state index contributed by atoms with van der Waals surface area (Å²) in [5.41, 5.74) is 1.21. The highest BCUT2D eigenvalue weighted by Crippen LogP contribution is 2.20. The van der Waals surface area contributed by atoms with Crippen molar-refractivity contribution in [1.82, 2.24) is 15.1 Å². The van der Waals surface area contributed by atoms with Crippen molar-refractivity contribution in [3.8, 4) is 5.69 Å². The molecule has 24 heavy (non-hydrogen) atoms. The van der Waals surface area contributed by atoms with Crippen molar-refractivity contribution in [2.45, 2.75) is 6.10 Å². The van der Waals surface area contributed by atoms with Gasteiger partial charge in [-0.25, -0.2) is 9.48 Å². The Morgan fingerprint density at radius 3 is 2.92 bits per heavy atom. The highest BCUT2D eigenvalue weighted by atomic mass is 35.5. The van der Waals surface area contributed by atoms with Crippen LogP contribution in [0.25, 0.3) is 5.69 Å². The summed E-state index contributed by atoms with van der Waals surface area (Å²) < 4.78 is 6.63. The number of urea groups is 1. The number of nitrogens with zero attached hydrogens (tertiary/aromatic N) is 2. The van der Waals surface area contributed by atoms with Gasteiger partial charge in [0.15, 0.2) is 0 Å². The fraction of sp³-hybridized carbons (Fsp3) is 0.125. The van der Waals surface area contributed by atoms with E-state index in [1.54, 1.807) is 29.1 Å². The van der Waals surface area contributed by atoms with Gasteiger partial charge in [-0.3, -0.25) is 0 Å². The molecule has 2 heterocycles. The normalized spacial score (nSPS) is 11.9. The van der Waals surface area contributed by atoms with Crippen LogP contribution in [0.2, 0.25) is 5.02 Å². The highest BCUT2D eigenvalue weighted by Gasteiger charge is 2.12. The third kappa shape index (κ3) is 3.76. The molecule has 0 bridgehead atoms. The van der Waals surface area contributed by atoms with E-state index in [0.717, 1.165) is 0 Å². The van der Waals surface area contributed by atoms with E-state index in [1.165, 1.54) is 12.5 Å². The lowest BCUT2D eigenvalue weighted by Gasteiger charge is -2.09. The molecule has 0 radical (unpaired) electrons. The number of benzene rings is 1. The number of aromatic nitrogens is 2. The standard InChI is InChI=1S/C16H15ClN4O3/c17-12-4-1-2-5-13(12)21-10-11(8-19-21)20-16(23)18-9-14(22)15-6-3-7-24-15/h1-8,10,14,22H,9H2,(H2,18,20,23). The summed E-state index contributed by atoms with van der Waals surface area (Å²) >= 11 is 6.11. The van der Waals surface area contributed by atoms with Crippen LogP contribution < -0.4 is 10.6 Å². The van der Waals surface area contributed by atoms with Gasteiger partial charge in [0.2, 0.25) is 0 Å². The molecule has 0 saturated heterocycles. The van der Waals surface area contributed by atoms with E-state index in [-0.39, 0.29) is 6.54 Å². The molecular weight excluding hydrogens is 332 g/mol. The largest absolute Gasteiger partial charge is 0.467 e. The van der Waals surface area contributed by atoms with Gasteiger partial charge in [0.05, 0.1) is 41.6 Å². The van der Waals surface area contributed by atoms with Gasteiger partial charge >= 0.3 is 6.03 Å². The van der Waals surface area contributed by atoms with Crippen LogP contribution in [-0.2, 0) is 0 Å². The predicted molar refractivity (Wildman–Crippen MR) is 89.3 cm³/mol. The van der Waals surface area contributed by atoms with Gasteiger partial charge in [0, 0.05) is 0 Å². The summed E-state index contributed by atoms with van der Waals surface area (Å²) in [5.74, 6) is 0.391. The minimum Gasteiger partial charge on any atom is -0.467 e. The number of halogens is 1. The van der Waals surface area contributed by atoms with Crippen LogP contribution in [0, 0.1) is 0 Å². The first-order valence-corrected chi connectivity index (χ1v) is 7.57. The van der Waals surface area contributed by atoms with Crippen molar-refractivity contribution in [3.63, 3.8) is 0 Å². The topological polar surface area (TPSA) is 92.3 Å². The van der Waals surface area contributed by atoms with Crippen LogP contribution in [0.15, 0.2) is 59.5 Å². The number of carbonyl (C=O) groups is 1. The van der Waals surface area contributed by atoms with Crippen LogP contribution in [0.3, 0.4) is 0 Å². The molecule has 2 amide bonds. The lowest BCUT2D eigenvalue weighted by molar-refractivity contribution is 0.149. The zero-order valence-corrected chi connectivity index (χ0v) is 13.3. The molecule has 0 saturated carbocycles. The number of hydrogen-bond donors (Lipinski definition) is 3. The van der Waals surface area contributed by atoms with Gasteiger partial charge in [-0.2, -0.15) is 5.10 Å². The van der Waals surface area contributed by atoms with Crippen LogP contribution in [-0.4, -0.2) is 27.5 Å². The van der Waals surface area contributed by atoms with Gasteiger partial charge in [0.1, 0.15) is 11.9 Å². The van der Waals surface area contributed by atoms with E-state index < -0.39 is 12.1 Å². The second-order valence-electron chi connectivity index (χ2n) is 4.99. The van der Waals surface area contributed by atoms with Crippen LogP contribution in [0.5, 0.6) is 0 Å². The molecule has 3 aromatic rings. The van der Waals surface area contributed by atoms with Gasteiger partial charge in [-0.15, -0.1) is 0 Å². The summed E-state index contributed by atoms with van der Waals surface area (Å²) in [6.07, 6.45) is 3.70. The first kappa shape index (κ1) is 16.1. The minimum atomic E-state index is -0.906. The molecule has 3 rings (SSSR count). The second-order valence-corrected chi connectivity index (χ2v) is 5.40. The van der Waals surface area contributed by atoms with Gasteiger partial charge in [-0.05, 0) is 24.3 Å². The summed E-state index contributed by atoms with van der Waals surface area (Å²) in [6.45, 7) is 0.0258. The zero-order valence-electron chi connectivity index (χ0n) is 12.5. The molecule has 1 unspecified atom stereocenters. The van der Waals surface area contributed by atoms with Gasteiger partial charge in [-0.1, -0.05) is 23.7 Å². The molecule has 8 heteroatoms. The number of furan rings is 1. The van der Waals surface area contributed by atoms with E-state index >= 15 is 0 Å². The summed E-state index contributed by atoms with van der Waals surface area (Å²) in [6, 6.07) is 10.1. The van der Waals surface area contributed by atoms with E-state index in [0.29, 0.717) is 22.2 Å². The molecule has 124 valence electrons. The predicted octanol–water partition coefficient (Wildman–Crippen LogP) is 2.97. The zero-order chi connectivity index (χ0) is 16.9. The maximum atomic E-state index is 11.9. The Bertz CT molecular complexity index is 816. The Morgan fingerprint density at radius 1 is 1.33 bits per heavy atom. The van der Waals surface area contributed by atoms with Crippen molar-refractivity contribution in [3.05, 3.63) is 65.8 Å². The van der Waals surface area contributed by atoms with Crippen LogP contribution in [0.1, 0.15) is 11.9 Å².